The molecule has 1 aliphatic rings. The number of para-hydroxylation sites is 1. The van der Waals surface area contributed by atoms with E-state index in [4.69, 9.17) is 9.26 Å². The number of aromatic nitrogens is 2. The van der Waals surface area contributed by atoms with E-state index in [0.717, 1.165) is 29.0 Å². The molecule has 144 valence electrons. The normalized spacial score (nSPS) is 13.2. The standard InChI is InChI=1S/C20H19N3O4S/c24-18(23-11-3-6-14-5-1-2-7-15(14)23)13-26-19(25)10-9-17-21-20(22-27-17)16-8-4-12-28-16/h1-2,4-5,7-8,12H,3,6,9-11,13H2. The van der Waals surface area contributed by atoms with E-state index in [9.17, 15) is 9.59 Å². The number of carbonyl (C=O) groups is 2. The van der Waals surface area contributed by atoms with Gasteiger partial charge >= 0.3 is 5.97 Å². The summed E-state index contributed by atoms with van der Waals surface area (Å²) in [6, 6.07) is 11.6. The topological polar surface area (TPSA) is 85.5 Å². The first-order chi connectivity index (χ1) is 13.7. The molecule has 1 aromatic carbocycles. The number of thiophene rings is 1. The van der Waals surface area contributed by atoms with Crippen molar-refractivity contribution in [3.8, 4) is 10.7 Å². The number of aryl methyl sites for hydroxylation is 2. The molecular weight excluding hydrogens is 378 g/mol. The lowest BCUT2D eigenvalue weighted by Crippen LogP contribution is -2.38. The molecule has 0 N–H and O–H groups in total. The molecule has 0 saturated carbocycles. The lowest BCUT2D eigenvalue weighted by atomic mass is 10.0. The number of rotatable bonds is 6. The molecule has 0 unspecified atom stereocenters. The van der Waals surface area contributed by atoms with Gasteiger partial charge in [-0.25, -0.2) is 0 Å². The van der Waals surface area contributed by atoms with Crippen molar-refractivity contribution in [2.45, 2.75) is 25.7 Å². The highest BCUT2D eigenvalue weighted by Gasteiger charge is 2.23. The molecule has 0 aliphatic carbocycles. The molecule has 0 spiro atoms. The first-order valence-electron chi connectivity index (χ1n) is 9.11. The predicted molar refractivity (Wildman–Crippen MR) is 104 cm³/mol. The Bertz CT molecular complexity index is 968. The number of hydrogen-bond acceptors (Lipinski definition) is 7. The summed E-state index contributed by atoms with van der Waals surface area (Å²) in [6.07, 6.45) is 2.21. The number of nitrogens with zero attached hydrogens (tertiary/aromatic N) is 3. The number of fused-ring (bicyclic) bond motifs is 1. The molecule has 8 heteroatoms. The second kappa shape index (κ2) is 8.35. The monoisotopic (exact) mass is 397 g/mol. The molecule has 3 aromatic rings. The zero-order valence-electron chi connectivity index (χ0n) is 15.2. The molecule has 0 fully saturated rings. The molecule has 4 rings (SSSR count). The van der Waals surface area contributed by atoms with Gasteiger partial charge in [0.05, 0.1) is 11.3 Å². The fourth-order valence-electron chi connectivity index (χ4n) is 3.16. The highest BCUT2D eigenvalue weighted by molar-refractivity contribution is 7.13. The largest absolute Gasteiger partial charge is 0.456 e. The van der Waals surface area contributed by atoms with E-state index in [-0.39, 0.29) is 25.4 Å². The van der Waals surface area contributed by atoms with Crippen LogP contribution in [0.2, 0.25) is 0 Å². The molecule has 3 heterocycles. The van der Waals surface area contributed by atoms with Crippen LogP contribution in [0.3, 0.4) is 0 Å². The highest BCUT2D eigenvalue weighted by atomic mass is 32.1. The van der Waals surface area contributed by atoms with Crippen molar-refractivity contribution in [1.29, 1.82) is 0 Å². The zero-order chi connectivity index (χ0) is 19.3. The van der Waals surface area contributed by atoms with Gasteiger partial charge in [0.1, 0.15) is 0 Å². The molecule has 0 radical (unpaired) electrons. The first-order valence-corrected chi connectivity index (χ1v) is 9.99. The van der Waals surface area contributed by atoms with Gasteiger partial charge < -0.3 is 14.2 Å². The van der Waals surface area contributed by atoms with Crippen molar-refractivity contribution in [3.05, 3.63) is 53.2 Å². The van der Waals surface area contributed by atoms with E-state index in [1.807, 2.05) is 41.8 Å². The smallest absolute Gasteiger partial charge is 0.306 e. The van der Waals surface area contributed by atoms with Gasteiger partial charge in [-0.05, 0) is 35.9 Å². The SMILES string of the molecule is O=C(CCc1nc(-c2cccs2)no1)OCC(=O)N1CCCc2ccccc21. The van der Waals surface area contributed by atoms with Gasteiger partial charge in [-0.3, -0.25) is 9.59 Å². The van der Waals surface area contributed by atoms with Crippen molar-refractivity contribution in [1.82, 2.24) is 10.1 Å². The Labute approximate surface area is 165 Å². The summed E-state index contributed by atoms with van der Waals surface area (Å²) < 4.78 is 10.3. The lowest BCUT2D eigenvalue weighted by molar-refractivity contribution is -0.147. The molecule has 0 saturated heterocycles. The first kappa shape index (κ1) is 18.4. The minimum absolute atomic E-state index is 0.0793. The van der Waals surface area contributed by atoms with Crippen LogP contribution in [0.15, 0.2) is 46.3 Å². The number of carbonyl (C=O) groups excluding carboxylic acids is 2. The van der Waals surface area contributed by atoms with Crippen LogP contribution in [0.5, 0.6) is 0 Å². The van der Waals surface area contributed by atoms with Crippen LogP contribution in [0.4, 0.5) is 5.69 Å². The van der Waals surface area contributed by atoms with Crippen molar-refractivity contribution in [3.63, 3.8) is 0 Å². The Morgan fingerprint density at radius 3 is 2.96 bits per heavy atom. The van der Waals surface area contributed by atoms with Gasteiger partial charge in [-0.1, -0.05) is 29.4 Å². The van der Waals surface area contributed by atoms with Crippen LogP contribution in [-0.2, 0) is 27.2 Å². The number of amides is 1. The number of esters is 1. The van der Waals surface area contributed by atoms with Crippen LogP contribution in [0.1, 0.15) is 24.3 Å². The minimum Gasteiger partial charge on any atom is -0.456 e. The summed E-state index contributed by atoms with van der Waals surface area (Å²) in [5.74, 6) is 0.210. The number of hydrogen-bond donors (Lipinski definition) is 0. The Kier molecular flexibility index (Phi) is 5.48. The summed E-state index contributed by atoms with van der Waals surface area (Å²) in [5, 5.41) is 5.84. The molecule has 0 atom stereocenters. The van der Waals surface area contributed by atoms with E-state index in [1.54, 1.807) is 4.90 Å². The third-order valence-corrected chi connectivity index (χ3v) is 5.39. The maximum Gasteiger partial charge on any atom is 0.306 e. The lowest BCUT2D eigenvalue weighted by Gasteiger charge is -2.29. The van der Waals surface area contributed by atoms with E-state index >= 15 is 0 Å². The maximum atomic E-state index is 12.5. The van der Waals surface area contributed by atoms with Crippen LogP contribution < -0.4 is 4.90 Å². The fourth-order valence-corrected chi connectivity index (χ4v) is 3.81. The summed E-state index contributed by atoms with van der Waals surface area (Å²) in [7, 11) is 0. The Morgan fingerprint density at radius 2 is 2.11 bits per heavy atom. The predicted octanol–water partition coefficient (Wildman–Crippen LogP) is 3.25. The third-order valence-electron chi connectivity index (χ3n) is 4.52. The average Bonchev–Trinajstić information content (AvgIpc) is 3.41. The summed E-state index contributed by atoms with van der Waals surface area (Å²) >= 11 is 1.51. The van der Waals surface area contributed by atoms with E-state index < -0.39 is 5.97 Å². The van der Waals surface area contributed by atoms with Crippen LogP contribution in [0.25, 0.3) is 10.7 Å². The highest BCUT2D eigenvalue weighted by Crippen LogP contribution is 2.26. The maximum absolute atomic E-state index is 12.5. The van der Waals surface area contributed by atoms with Gasteiger partial charge in [-0.2, -0.15) is 4.98 Å². The Hall–Kier alpha value is -3.00. The molecule has 28 heavy (non-hydrogen) atoms. The summed E-state index contributed by atoms with van der Waals surface area (Å²) in [4.78, 5) is 31.4. The van der Waals surface area contributed by atoms with Crippen LogP contribution >= 0.6 is 11.3 Å². The number of benzene rings is 1. The third kappa shape index (κ3) is 4.12. The zero-order valence-corrected chi connectivity index (χ0v) is 16.0. The molecule has 0 bridgehead atoms. The van der Waals surface area contributed by atoms with E-state index in [0.29, 0.717) is 18.3 Å². The van der Waals surface area contributed by atoms with Crippen molar-refractivity contribution >= 4 is 28.9 Å². The van der Waals surface area contributed by atoms with Gasteiger partial charge in [0.2, 0.25) is 11.7 Å². The van der Waals surface area contributed by atoms with Gasteiger partial charge in [0.15, 0.2) is 6.61 Å². The number of anilines is 1. The molecule has 7 nitrogen and oxygen atoms in total. The quantitative estimate of drug-likeness (QED) is 0.594. The van der Waals surface area contributed by atoms with Crippen molar-refractivity contribution in [2.24, 2.45) is 0 Å². The van der Waals surface area contributed by atoms with E-state index in [1.165, 1.54) is 11.3 Å². The summed E-state index contributed by atoms with van der Waals surface area (Å²) in [6.45, 7) is 0.373. The van der Waals surface area contributed by atoms with Crippen LogP contribution in [-0.4, -0.2) is 35.2 Å². The van der Waals surface area contributed by atoms with Gasteiger partial charge in [0.25, 0.3) is 5.91 Å². The fraction of sp³-hybridized carbons (Fsp3) is 0.300. The summed E-state index contributed by atoms with van der Waals surface area (Å²) in [5.41, 5.74) is 2.05. The second-order valence-electron chi connectivity index (χ2n) is 6.43. The average molecular weight is 397 g/mol. The minimum atomic E-state index is -0.463. The van der Waals surface area contributed by atoms with Gasteiger partial charge in [0, 0.05) is 18.7 Å². The molecule has 1 aliphatic heterocycles. The number of ether oxygens (including phenoxy) is 1. The van der Waals surface area contributed by atoms with Crippen LogP contribution in [0, 0.1) is 0 Å². The Balaban J connectivity index is 1.26. The Morgan fingerprint density at radius 1 is 1.21 bits per heavy atom. The molecule has 2 aromatic heterocycles. The molecular formula is C20H19N3O4S. The van der Waals surface area contributed by atoms with E-state index in [2.05, 4.69) is 10.1 Å². The molecule has 1 amide bonds. The van der Waals surface area contributed by atoms with Gasteiger partial charge in [-0.15, -0.1) is 11.3 Å². The second-order valence-corrected chi connectivity index (χ2v) is 7.38. The van der Waals surface area contributed by atoms with Crippen molar-refractivity contribution in [2.75, 3.05) is 18.1 Å². The van der Waals surface area contributed by atoms with Crippen molar-refractivity contribution < 1.29 is 18.8 Å².